The Morgan fingerprint density at radius 3 is 0.643 bits per heavy atom. The molecule has 6 nitrogen and oxygen atoms in total. The molecule has 3 aromatic carbocycles. The summed E-state index contributed by atoms with van der Waals surface area (Å²) >= 11 is 0. The molecule has 0 spiro atoms. The van der Waals surface area contributed by atoms with Crippen molar-refractivity contribution in [2.24, 2.45) is 65.1 Å². The van der Waals surface area contributed by atoms with Crippen LogP contribution in [0.25, 0.3) is 0 Å². The standard InChI is InChI=1S/2C8H9F.5C8H16.C8H10.2C7H9N.C6H8N2.C6H12O2/c2*1-6-3-4-7(2)8(9)5-6;6*1-7-3-5-8(2)6-4-7;2*1-6-3-4-7(2)8-5-6;2*1-5-3-7-6(2)8-4-5/h2*3-5H,1-2H3;5*7-8H,3-6H2,1-2H3;3-6H,1-2H3;2*3-5H,1-2H3;3-4H,1-2H3;5-6H,3-4H2,1-2H3. The Morgan fingerprint density at radius 2 is 0.469 bits per heavy atom. The van der Waals surface area contributed by atoms with Crippen LogP contribution in [-0.4, -0.2) is 39.4 Å². The van der Waals surface area contributed by atoms with Gasteiger partial charge < -0.3 is 9.47 Å². The topological polar surface area (TPSA) is 70.0 Å². The van der Waals surface area contributed by atoms with Gasteiger partial charge in [0.25, 0.3) is 0 Å². The molecule has 0 N–H and O–H groups in total. The van der Waals surface area contributed by atoms with E-state index in [1.807, 2.05) is 111 Å². The van der Waals surface area contributed by atoms with Gasteiger partial charge in [0.15, 0.2) is 6.29 Å². The fourth-order valence-corrected chi connectivity index (χ4v) is 11.4. The fraction of sp³-hybridized carbons (Fsp3) is 0.644. The maximum absolute atomic E-state index is 12.6. The molecular weight excluding hydrogens is 1210 g/mol. The average Bonchev–Trinajstić information content (AvgIpc) is 1.49. The van der Waals surface area contributed by atoms with Crippen LogP contribution in [0.15, 0.2) is 110 Å². The van der Waals surface area contributed by atoms with E-state index in [-0.39, 0.29) is 17.9 Å². The highest BCUT2D eigenvalue weighted by molar-refractivity contribution is 5.23. The van der Waals surface area contributed by atoms with Crippen molar-refractivity contribution >= 4 is 0 Å². The minimum absolute atomic E-state index is 0.0196. The second kappa shape index (κ2) is 53.6. The van der Waals surface area contributed by atoms with Gasteiger partial charge in [0.2, 0.25) is 0 Å². The molecule has 4 heterocycles. The van der Waals surface area contributed by atoms with Crippen molar-refractivity contribution in [2.75, 3.05) is 13.2 Å². The number of hydrogen-bond donors (Lipinski definition) is 0. The second-order valence-electron chi connectivity index (χ2n) is 31.6. The van der Waals surface area contributed by atoms with E-state index in [1.165, 1.54) is 163 Å². The summed E-state index contributed by atoms with van der Waals surface area (Å²) in [7, 11) is 0. The van der Waals surface area contributed by atoms with Gasteiger partial charge in [-0.1, -0.05) is 276 Å². The van der Waals surface area contributed by atoms with E-state index in [0.29, 0.717) is 17.0 Å². The zero-order valence-corrected chi connectivity index (χ0v) is 67.2. The number of pyridine rings is 2. The number of benzene rings is 3. The zero-order chi connectivity index (χ0) is 73.5. The number of aromatic nitrogens is 4. The first-order valence-corrected chi connectivity index (χ1v) is 38.5. The Balaban J connectivity index is 0.000000535. The van der Waals surface area contributed by atoms with Gasteiger partial charge in [-0.05, 0) is 212 Å². The molecule has 5 saturated carbocycles. The highest BCUT2D eigenvalue weighted by Gasteiger charge is 2.17. The molecule has 6 aliphatic rings. The van der Waals surface area contributed by atoms with E-state index in [9.17, 15) is 8.78 Å². The minimum Gasteiger partial charge on any atom is -0.353 e. The highest BCUT2D eigenvalue weighted by Crippen LogP contribution is 2.30. The van der Waals surface area contributed by atoms with E-state index in [0.717, 1.165) is 106 Å². The molecule has 12 rings (SSSR count). The molecule has 0 radical (unpaired) electrons. The molecule has 0 amide bonds. The van der Waals surface area contributed by atoms with Gasteiger partial charge >= 0.3 is 0 Å². The van der Waals surface area contributed by atoms with Gasteiger partial charge in [0.1, 0.15) is 17.5 Å². The molecule has 8 heteroatoms. The highest BCUT2D eigenvalue weighted by atomic mass is 19.1. The Bertz CT molecular complexity index is 2310. The average molecular weight is 1350 g/mol. The number of rotatable bonds is 0. The van der Waals surface area contributed by atoms with Gasteiger partial charge in [-0.25, -0.2) is 18.7 Å². The summed E-state index contributed by atoms with van der Waals surface area (Å²) in [4.78, 5) is 16.1. The third-order valence-corrected chi connectivity index (χ3v) is 19.7. The second-order valence-corrected chi connectivity index (χ2v) is 31.6. The van der Waals surface area contributed by atoms with Crippen molar-refractivity contribution in [1.29, 1.82) is 0 Å². The van der Waals surface area contributed by atoms with Gasteiger partial charge in [-0.2, -0.15) is 0 Å². The summed E-state index contributed by atoms with van der Waals surface area (Å²) in [6.07, 6.45) is 36.8. The van der Waals surface area contributed by atoms with Gasteiger partial charge in [0.05, 0.1) is 13.2 Å². The van der Waals surface area contributed by atoms with Crippen molar-refractivity contribution < 1.29 is 18.3 Å². The molecule has 0 unspecified atom stereocenters. The molecular formula is C90H146F2N4O2. The lowest BCUT2D eigenvalue weighted by molar-refractivity contribution is -0.187. The van der Waals surface area contributed by atoms with Crippen LogP contribution in [0, 0.1) is 160 Å². The van der Waals surface area contributed by atoms with Gasteiger partial charge in [0, 0.05) is 42.1 Å². The molecule has 5 aliphatic carbocycles. The van der Waals surface area contributed by atoms with Crippen molar-refractivity contribution in [3.8, 4) is 0 Å². The van der Waals surface area contributed by atoms with Gasteiger partial charge in [-0.15, -0.1) is 0 Å². The molecule has 6 fully saturated rings. The summed E-state index contributed by atoms with van der Waals surface area (Å²) in [6.45, 7) is 52.8. The number of hydrogen-bond acceptors (Lipinski definition) is 6. The lowest BCUT2D eigenvalue weighted by Crippen LogP contribution is -2.27. The monoisotopic (exact) mass is 1350 g/mol. The summed E-state index contributed by atoms with van der Waals surface area (Å²) in [5, 5.41) is 0. The third kappa shape index (κ3) is 50.2. The van der Waals surface area contributed by atoms with Crippen LogP contribution in [0.2, 0.25) is 0 Å². The molecule has 552 valence electrons. The Morgan fingerprint density at radius 1 is 0.255 bits per heavy atom. The number of nitrogens with zero attached hydrogens (tertiary/aromatic N) is 4. The first-order chi connectivity index (χ1) is 46.3. The lowest BCUT2D eigenvalue weighted by atomic mass is 9.84. The first-order valence-electron chi connectivity index (χ1n) is 38.5. The van der Waals surface area contributed by atoms with E-state index < -0.39 is 0 Å². The SMILES string of the molecule is CC1CCC(C)CC1.CC1CCC(C)CC1.CC1CCC(C)CC1.CC1CCC(C)CC1.CC1CCC(C)CC1.CC1COC(C)OC1.Cc1ccc(C)c(F)c1.Cc1ccc(C)c(F)c1.Cc1ccc(C)cc1.Cc1ccc(C)nc1.Cc1ccc(C)nc1.Cc1cnc(C)nc1. The summed E-state index contributed by atoms with van der Waals surface area (Å²) < 4.78 is 35.5. The fourth-order valence-electron chi connectivity index (χ4n) is 11.4. The Kier molecular flexibility index (Phi) is 49.7. The van der Waals surface area contributed by atoms with E-state index >= 15 is 0 Å². The molecule has 3 aromatic heterocycles. The van der Waals surface area contributed by atoms with Crippen LogP contribution in [-0.2, 0) is 9.47 Å². The number of aryl methyl sites for hydroxylation is 12. The Hall–Kier alpha value is -5.18. The van der Waals surface area contributed by atoms with Gasteiger partial charge in [-0.3, -0.25) is 9.97 Å². The maximum atomic E-state index is 12.6. The van der Waals surface area contributed by atoms with Crippen LogP contribution in [0.5, 0.6) is 0 Å². The largest absolute Gasteiger partial charge is 0.353 e. The Labute approximate surface area is 602 Å². The quantitative estimate of drug-likeness (QED) is 0.151. The lowest BCUT2D eigenvalue weighted by Gasteiger charge is -2.24. The maximum Gasteiger partial charge on any atom is 0.154 e. The smallest absolute Gasteiger partial charge is 0.154 e. The van der Waals surface area contributed by atoms with E-state index in [2.05, 4.69) is 146 Å². The zero-order valence-electron chi connectivity index (χ0n) is 67.2. The minimum atomic E-state index is -0.116. The van der Waals surface area contributed by atoms with E-state index in [1.54, 1.807) is 26.0 Å². The predicted molar refractivity (Wildman–Crippen MR) is 421 cm³/mol. The number of halogens is 2. The molecule has 98 heavy (non-hydrogen) atoms. The molecule has 0 atom stereocenters. The summed E-state index contributed by atoms with van der Waals surface area (Å²) in [6, 6.07) is 27.1. The van der Waals surface area contributed by atoms with Crippen molar-refractivity contribution in [1.82, 2.24) is 19.9 Å². The van der Waals surface area contributed by atoms with Crippen molar-refractivity contribution in [3.05, 3.63) is 189 Å². The van der Waals surface area contributed by atoms with Crippen molar-refractivity contribution in [2.45, 2.75) is 301 Å². The van der Waals surface area contributed by atoms with Crippen LogP contribution in [0.4, 0.5) is 8.78 Å². The van der Waals surface area contributed by atoms with Crippen LogP contribution in [0.1, 0.15) is 279 Å². The molecule has 6 aromatic rings. The third-order valence-electron chi connectivity index (χ3n) is 19.7. The normalized spacial score (nSPS) is 24.3. The predicted octanol–water partition coefficient (Wildman–Crippen LogP) is 26.9. The van der Waals surface area contributed by atoms with E-state index in [4.69, 9.17) is 9.47 Å². The first kappa shape index (κ1) is 90.8. The number of ether oxygens (including phenoxy) is 2. The summed E-state index contributed by atoms with van der Waals surface area (Å²) in [5.74, 6) is 11.4. The van der Waals surface area contributed by atoms with Crippen LogP contribution >= 0.6 is 0 Å². The summed E-state index contributed by atoms with van der Waals surface area (Å²) in [5.41, 5.74) is 11.7. The van der Waals surface area contributed by atoms with Crippen LogP contribution < -0.4 is 0 Å². The molecule has 0 bridgehead atoms. The molecule has 1 aliphatic heterocycles. The van der Waals surface area contributed by atoms with Crippen LogP contribution in [0.3, 0.4) is 0 Å². The van der Waals surface area contributed by atoms with Crippen molar-refractivity contribution in [3.63, 3.8) is 0 Å². The molecule has 1 saturated heterocycles.